The molecule has 1 N–H and O–H groups in total. The van der Waals surface area contributed by atoms with Crippen molar-refractivity contribution in [3.63, 3.8) is 0 Å². The smallest absolute Gasteiger partial charge is 0.320 e. The Bertz CT molecular complexity index is 591. The largest absolute Gasteiger partial charge is 0.324 e. The SMILES string of the molecule is CN(Cc1ccccn1)C(=O)N1CCCCNS(=O)(=O)CC1. The van der Waals surface area contributed by atoms with Crippen LogP contribution in [0.1, 0.15) is 18.5 Å². The van der Waals surface area contributed by atoms with E-state index >= 15 is 0 Å². The second kappa shape index (κ2) is 7.55. The third-order valence-corrected chi connectivity index (χ3v) is 4.89. The summed E-state index contributed by atoms with van der Waals surface area (Å²) in [6.07, 6.45) is 3.20. The van der Waals surface area contributed by atoms with Crippen LogP contribution in [0.3, 0.4) is 0 Å². The van der Waals surface area contributed by atoms with Crippen molar-refractivity contribution < 1.29 is 13.2 Å². The number of carbonyl (C=O) groups is 1. The summed E-state index contributed by atoms with van der Waals surface area (Å²) < 4.78 is 26.0. The summed E-state index contributed by atoms with van der Waals surface area (Å²) in [4.78, 5) is 19.9. The molecule has 8 heteroatoms. The average molecular weight is 326 g/mol. The number of nitrogens with zero attached hydrogens (tertiary/aromatic N) is 3. The van der Waals surface area contributed by atoms with Gasteiger partial charge in [-0.1, -0.05) is 6.07 Å². The van der Waals surface area contributed by atoms with Gasteiger partial charge in [0.05, 0.1) is 18.0 Å². The summed E-state index contributed by atoms with van der Waals surface area (Å²) in [5.74, 6) is -0.0594. The van der Waals surface area contributed by atoms with E-state index in [1.807, 2.05) is 18.2 Å². The maximum Gasteiger partial charge on any atom is 0.320 e. The zero-order chi connectivity index (χ0) is 16.0. The fraction of sp³-hybridized carbons (Fsp3) is 0.571. The third kappa shape index (κ3) is 4.96. The molecule has 1 saturated heterocycles. The highest BCUT2D eigenvalue weighted by molar-refractivity contribution is 7.89. The van der Waals surface area contributed by atoms with Gasteiger partial charge in [-0.2, -0.15) is 0 Å². The number of nitrogens with one attached hydrogen (secondary N) is 1. The molecular formula is C14H22N4O3S. The van der Waals surface area contributed by atoms with E-state index in [9.17, 15) is 13.2 Å². The molecule has 0 aliphatic carbocycles. The molecule has 1 fully saturated rings. The Labute approximate surface area is 131 Å². The Balaban J connectivity index is 1.99. The average Bonchev–Trinajstić information content (AvgIpc) is 2.58. The first-order valence-electron chi connectivity index (χ1n) is 7.35. The van der Waals surface area contributed by atoms with Crippen molar-refractivity contribution in [1.82, 2.24) is 19.5 Å². The van der Waals surface area contributed by atoms with Crippen LogP contribution in [0.2, 0.25) is 0 Å². The van der Waals surface area contributed by atoms with Crippen molar-refractivity contribution in [3.8, 4) is 0 Å². The van der Waals surface area contributed by atoms with Crippen LogP contribution in [-0.2, 0) is 16.6 Å². The Morgan fingerprint density at radius 2 is 2.18 bits per heavy atom. The van der Waals surface area contributed by atoms with Crippen LogP contribution in [-0.4, -0.2) is 61.7 Å². The molecule has 2 amide bonds. The van der Waals surface area contributed by atoms with Crippen molar-refractivity contribution in [1.29, 1.82) is 0 Å². The number of pyridine rings is 1. The molecule has 2 heterocycles. The fourth-order valence-electron chi connectivity index (χ4n) is 2.30. The van der Waals surface area contributed by atoms with Gasteiger partial charge in [0.1, 0.15) is 0 Å². The van der Waals surface area contributed by atoms with E-state index in [-0.39, 0.29) is 18.3 Å². The van der Waals surface area contributed by atoms with Crippen molar-refractivity contribution in [2.24, 2.45) is 0 Å². The zero-order valence-electron chi connectivity index (χ0n) is 12.7. The van der Waals surface area contributed by atoms with Gasteiger partial charge >= 0.3 is 6.03 Å². The topological polar surface area (TPSA) is 82.6 Å². The molecule has 0 atom stereocenters. The summed E-state index contributed by atoms with van der Waals surface area (Å²) in [5, 5.41) is 0. The molecule has 1 aromatic rings. The zero-order valence-corrected chi connectivity index (χ0v) is 13.6. The van der Waals surface area contributed by atoms with Crippen molar-refractivity contribution in [2.45, 2.75) is 19.4 Å². The number of hydrogen-bond donors (Lipinski definition) is 1. The van der Waals surface area contributed by atoms with Gasteiger partial charge < -0.3 is 9.80 Å². The first-order chi connectivity index (χ1) is 10.5. The summed E-state index contributed by atoms with van der Waals surface area (Å²) in [5.41, 5.74) is 0.803. The first kappa shape index (κ1) is 16.7. The van der Waals surface area contributed by atoms with Crippen LogP contribution in [0.15, 0.2) is 24.4 Å². The number of urea groups is 1. The number of aromatic nitrogens is 1. The van der Waals surface area contributed by atoms with E-state index in [0.717, 1.165) is 18.5 Å². The minimum atomic E-state index is -3.29. The Morgan fingerprint density at radius 3 is 2.91 bits per heavy atom. The Hall–Kier alpha value is -1.67. The lowest BCUT2D eigenvalue weighted by molar-refractivity contribution is 0.162. The molecule has 1 aliphatic rings. The summed E-state index contributed by atoms with van der Waals surface area (Å²) in [6.45, 7) is 1.62. The second-order valence-electron chi connectivity index (χ2n) is 5.37. The van der Waals surface area contributed by atoms with Gasteiger partial charge in [0.25, 0.3) is 0 Å². The molecule has 0 unspecified atom stereocenters. The molecular weight excluding hydrogens is 304 g/mol. The van der Waals surface area contributed by atoms with Crippen molar-refractivity contribution in [3.05, 3.63) is 30.1 Å². The predicted molar refractivity (Wildman–Crippen MR) is 83.7 cm³/mol. The molecule has 2 rings (SSSR count). The van der Waals surface area contributed by atoms with Gasteiger partial charge in [0.15, 0.2) is 0 Å². The van der Waals surface area contributed by atoms with Gasteiger partial charge in [0.2, 0.25) is 10.0 Å². The third-order valence-electron chi connectivity index (χ3n) is 3.53. The summed E-state index contributed by atoms with van der Waals surface area (Å²) in [7, 11) is -1.59. The minimum Gasteiger partial charge on any atom is -0.324 e. The molecule has 1 aliphatic heterocycles. The molecule has 122 valence electrons. The molecule has 0 aromatic carbocycles. The van der Waals surface area contributed by atoms with E-state index < -0.39 is 10.0 Å². The van der Waals surface area contributed by atoms with E-state index in [4.69, 9.17) is 0 Å². The lowest BCUT2D eigenvalue weighted by Crippen LogP contribution is -2.43. The molecule has 1 aromatic heterocycles. The van der Waals surface area contributed by atoms with Gasteiger partial charge in [-0.3, -0.25) is 4.98 Å². The highest BCUT2D eigenvalue weighted by Crippen LogP contribution is 2.07. The van der Waals surface area contributed by atoms with E-state index in [2.05, 4.69) is 9.71 Å². The molecule has 0 bridgehead atoms. The highest BCUT2D eigenvalue weighted by atomic mass is 32.2. The quantitative estimate of drug-likeness (QED) is 0.865. The van der Waals surface area contributed by atoms with Gasteiger partial charge in [-0.15, -0.1) is 0 Å². The van der Waals surface area contributed by atoms with Crippen molar-refractivity contribution >= 4 is 16.1 Å². The van der Waals surface area contributed by atoms with Crippen LogP contribution >= 0.6 is 0 Å². The minimum absolute atomic E-state index is 0.0594. The molecule has 0 radical (unpaired) electrons. The predicted octanol–water partition coefficient (Wildman–Crippen LogP) is 0.649. The summed E-state index contributed by atoms with van der Waals surface area (Å²) in [6, 6.07) is 5.39. The summed E-state index contributed by atoms with van der Waals surface area (Å²) >= 11 is 0. The van der Waals surface area contributed by atoms with Crippen LogP contribution in [0.25, 0.3) is 0 Å². The van der Waals surface area contributed by atoms with Gasteiger partial charge in [-0.05, 0) is 25.0 Å². The van der Waals surface area contributed by atoms with Crippen LogP contribution in [0, 0.1) is 0 Å². The van der Waals surface area contributed by atoms with E-state index in [0.29, 0.717) is 19.6 Å². The molecule has 0 saturated carbocycles. The molecule has 22 heavy (non-hydrogen) atoms. The standard InChI is InChI=1S/C14H22N4O3S/c1-17(12-13-6-2-3-7-15-13)14(19)18-9-5-4-8-16-22(20,21)11-10-18/h2-3,6-7,16H,4-5,8-12H2,1H3. The number of rotatable bonds is 2. The normalized spacial score (nSPS) is 18.9. The maximum atomic E-state index is 12.5. The van der Waals surface area contributed by atoms with Gasteiger partial charge in [-0.25, -0.2) is 17.9 Å². The van der Waals surface area contributed by atoms with E-state index in [1.54, 1.807) is 23.0 Å². The van der Waals surface area contributed by atoms with Crippen LogP contribution in [0.4, 0.5) is 4.79 Å². The lowest BCUT2D eigenvalue weighted by atomic mass is 10.3. The van der Waals surface area contributed by atoms with Crippen LogP contribution in [0.5, 0.6) is 0 Å². The lowest BCUT2D eigenvalue weighted by Gasteiger charge is -2.27. The van der Waals surface area contributed by atoms with Gasteiger partial charge in [0, 0.05) is 32.9 Å². The maximum absolute atomic E-state index is 12.5. The van der Waals surface area contributed by atoms with Crippen molar-refractivity contribution in [2.75, 3.05) is 32.4 Å². The van der Waals surface area contributed by atoms with E-state index in [1.165, 1.54) is 0 Å². The second-order valence-corrected chi connectivity index (χ2v) is 7.29. The Kier molecular flexibility index (Phi) is 5.73. The van der Waals surface area contributed by atoms with Crippen LogP contribution < -0.4 is 4.72 Å². The molecule has 0 spiro atoms. The number of amides is 2. The fourth-order valence-corrected chi connectivity index (χ4v) is 3.37. The first-order valence-corrected chi connectivity index (χ1v) is 9.00. The highest BCUT2D eigenvalue weighted by Gasteiger charge is 2.22. The number of carbonyl (C=O) groups excluding carboxylic acids is 1. The Morgan fingerprint density at radius 1 is 1.36 bits per heavy atom. The molecule has 7 nitrogen and oxygen atoms in total. The number of hydrogen-bond acceptors (Lipinski definition) is 4. The monoisotopic (exact) mass is 326 g/mol. The number of sulfonamides is 1.